The fourth-order valence-electron chi connectivity index (χ4n) is 3.84. The maximum absolute atomic E-state index is 12.3. The molecule has 0 radical (unpaired) electrons. The Labute approximate surface area is 172 Å². The van der Waals surface area contributed by atoms with Gasteiger partial charge in [0.1, 0.15) is 0 Å². The molecule has 1 saturated heterocycles. The van der Waals surface area contributed by atoms with Gasteiger partial charge in [-0.1, -0.05) is 38.1 Å². The Hall–Kier alpha value is -2.63. The van der Waals surface area contributed by atoms with E-state index in [9.17, 15) is 9.59 Å². The van der Waals surface area contributed by atoms with Gasteiger partial charge in [-0.25, -0.2) is 4.79 Å². The van der Waals surface area contributed by atoms with Crippen LogP contribution in [-0.4, -0.2) is 46.3 Å². The molecular formula is C23H31N3O3. The maximum atomic E-state index is 12.3. The van der Waals surface area contributed by atoms with Crippen LogP contribution in [-0.2, 0) is 16.0 Å². The highest BCUT2D eigenvalue weighted by atomic mass is 16.5. The lowest BCUT2D eigenvalue weighted by atomic mass is 10.0. The second-order valence-corrected chi connectivity index (χ2v) is 7.49. The standard InChI is InChI=1S/C23H31N3O3/c1-4-7-22(27)25-14-12-19(13-15-25)26-21(16-20(24-26)23(28)29-6-3)18-10-8-17(5-2)9-11-18/h8-11,16,19H,4-7,12-15H2,1-3H3. The molecule has 0 atom stereocenters. The first kappa shape index (κ1) is 21.1. The molecule has 0 saturated carbocycles. The number of rotatable bonds is 7. The second-order valence-electron chi connectivity index (χ2n) is 7.49. The van der Waals surface area contributed by atoms with Gasteiger partial charge in [0, 0.05) is 19.5 Å². The molecule has 2 heterocycles. The summed E-state index contributed by atoms with van der Waals surface area (Å²) in [5.74, 6) is -0.165. The predicted octanol–water partition coefficient (Wildman–Crippen LogP) is 4.25. The number of piperidine rings is 1. The summed E-state index contributed by atoms with van der Waals surface area (Å²) in [6, 6.07) is 10.4. The number of aromatic nitrogens is 2. The third-order valence-corrected chi connectivity index (χ3v) is 5.51. The summed E-state index contributed by atoms with van der Waals surface area (Å²) in [5, 5.41) is 4.62. The minimum Gasteiger partial charge on any atom is -0.461 e. The quantitative estimate of drug-likeness (QED) is 0.655. The molecule has 0 N–H and O–H groups in total. The van der Waals surface area contributed by atoms with Crippen molar-refractivity contribution < 1.29 is 14.3 Å². The summed E-state index contributed by atoms with van der Waals surface area (Å²) in [6.45, 7) is 7.73. The van der Waals surface area contributed by atoms with Crippen LogP contribution in [0.4, 0.5) is 0 Å². The van der Waals surface area contributed by atoms with Crippen molar-refractivity contribution in [1.29, 1.82) is 0 Å². The Morgan fingerprint density at radius 2 is 1.79 bits per heavy atom. The van der Waals surface area contributed by atoms with E-state index in [0.717, 1.165) is 50.0 Å². The number of carbonyl (C=O) groups is 2. The van der Waals surface area contributed by atoms with Crippen molar-refractivity contribution in [3.63, 3.8) is 0 Å². The summed E-state index contributed by atoms with van der Waals surface area (Å²) in [6.07, 6.45) is 4.13. The third kappa shape index (κ3) is 4.86. The van der Waals surface area contributed by atoms with E-state index < -0.39 is 5.97 Å². The fraction of sp³-hybridized carbons (Fsp3) is 0.522. The van der Waals surface area contributed by atoms with Gasteiger partial charge in [0.25, 0.3) is 0 Å². The normalized spacial score (nSPS) is 14.8. The number of benzene rings is 1. The van der Waals surface area contributed by atoms with Crippen molar-refractivity contribution >= 4 is 11.9 Å². The molecule has 29 heavy (non-hydrogen) atoms. The summed E-state index contributed by atoms with van der Waals surface area (Å²) >= 11 is 0. The number of likely N-dealkylation sites (tertiary alicyclic amines) is 1. The Morgan fingerprint density at radius 1 is 1.10 bits per heavy atom. The van der Waals surface area contributed by atoms with E-state index in [0.29, 0.717) is 18.7 Å². The molecule has 2 aromatic rings. The fourth-order valence-corrected chi connectivity index (χ4v) is 3.84. The van der Waals surface area contributed by atoms with E-state index >= 15 is 0 Å². The van der Waals surface area contributed by atoms with Crippen molar-refractivity contribution in [3.8, 4) is 11.3 Å². The summed E-state index contributed by atoms with van der Waals surface area (Å²) in [5.41, 5.74) is 3.57. The zero-order chi connectivity index (χ0) is 20.8. The average Bonchev–Trinajstić information content (AvgIpc) is 3.20. The summed E-state index contributed by atoms with van der Waals surface area (Å²) in [7, 11) is 0. The molecule has 1 aliphatic rings. The van der Waals surface area contributed by atoms with Crippen LogP contribution in [0.2, 0.25) is 0 Å². The van der Waals surface area contributed by atoms with E-state index in [4.69, 9.17) is 4.74 Å². The van der Waals surface area contributed by atoms with E-state index in [1.54, 1.807) is 6.92 Å². The molecule has 1 amide bonds. The summed E-state index contributed by atoms with van der Waals surface area (Å²) in [4.78, 5) is 26.4. The van der Waals surface area contributed by atoms with E-state index in [2.05, 4.69) is 36.3 Å². The van der Waals surface area contributed by atoms with Crippen LogP contribution < -0.4 is 0 Å². The van der Waals surface area contributed by atoms with Crippen molar-refractivity contribution in [2.45, 2.75) is 58.9 Å². The first-order valence-electron chi connectivity index (χ1n) is 10.7. The van der Waals surface area contributed by atoms with Gasteiger partial charge >= 0.3 is 5.97 Å². The first-order valence-corrected chi connectivity index (χ1v) is 10.7. The Morgan fingerprint density at radius 3 is 2.38 bits per heavy atom. The third-order valence-electron chi connectivity index (χ3n) is 5.51. The highest BCUT2D eigenvalue weighted by Crippen LogP contribution is 2.30. The molecule has 156 valence electrons. The Kier molecular flexibility index (Phi) is 7.07. The molecule has 6 heteroatoms. The van der Waals surface area contributed by atoms with Crippen LogP contribution in [0.15, 0.2) is 30.3 Å². The van der Waals surface area contributed by atoms with Gasteiger partial charge in [-0.3, -0.25) is 9.48 Å². The monoisotopic (exact) mass is 397 g/mol. The van der Waals surface area contributed by atoms with E-state index in [1.165, 1.54) is 5.56 Å². The van der Waals surface area contributed by atoms with Crippen molar-refractivity contribution in [2.75, 3.05) is 19.7 Å². The van der Waals surface area contributed by atoms with Crippen LogP contribution in [0.25, 0.3) is 11.3 Å². The van der Waals surface area contributed by atoms with E-state index in [1.807, 2.05) is 22.6 Å². The number of ether oxygens (including phenoxy) is 1. The van der Waals surface area contributed by atoms with E-state index in [-0.39, 0.29) is 11.9 Å². The lowest BCUT2D eigenvalue weighted by molar-refractivity contribution is -0.132. The number of amides is 1. The minimum absolute atomic E-state index is 0.157. The molecule has 6 nitrogen and oxygen atoms in total. The molecule has 1 aromatic carbocycles. The molecule has 0 spiro atoms. The highest BCUT2D eigenvalue weighted by Gasteiger charge is 2.27. The molecule has 0 bridgehead atoms. The molecular weight excluding hydrogens is 366 g/mol. The second kappa shape index (κ2) is 9.72. The number of esters is 1. The van der Waals surface area contributed by atoms with Gasteiger partial charge in [-0.05, 0) is 49.8 Å². The molecule has 0 unspecified atom stereocenters. The first-order chi connectivity index (χ1) is 14.1. The lowest BCUT2D eigenvalue weighted by Crippen LogP contribution is -2.39. The largest absolute Gasteiger partial charge is 0.461 e. The maximum Gasteiger partial charge on any atom is 0.358 e. The average molecular weight is 398 g/mol. The minimum atomic E-state index is -0.395. The highest BCUT2D eigenvalue weighted by molar-refractivity contribution is 5.88. The van der Waals surface area contributed by atoms with Crippen molar-refractivity contribution in [3.05, 3.63) is 41.6 Å². The Bertz CT molecular complexity index is 834. The summed E-state index contributed by atoms with van der Waals surface area (Å²) < 4.78 is 7.13. The van der Waals surface area contributed by atoms with Gasteiger partial charge in [0.2, 0.25) is 5.91 Å². The van der Waals surface area contributed by atoms with Crippen LogP contribution in [0.1, 0.15) is 68.5 Å². The van der Waals surface area contributed by atoms with Crippen LogP contribution in [0.5, 0.6) is 0 Å². The van der Waals surface area contributed by atoms with Gasteiger partial charge in [-0.2, -0.15) is 5.10 Å². The molecule has 1 aromatic heterocycles. The number of carbonyl (C=O) groups excluding carboxylic acids is 2. The molecule has 0 aliphatic carbocycles. The van der Waals surface area contributed by atoms with Crippen molar-refractivity contribution in [1.82, 2.24) is 14.7 Å². The van der Waals surface area contributed by atoms with Crippen molar-refractivity contribution in [2.24, 2.45) is 0 Å². The molecule has 3 rings (SSSR count). The molecule has 1 aliphatic heterocycles. The number of nitrogens with zero attached hydrogens (tertiary/aromatic N) is 3. The van der Waals surface area contributed by atoms with Crippen LogP contribution in [0.3, 0.4) is 0 Å². The zero-order valence-corrected chi connectivity index (χ0v) is 17.7. The SMILES string of the molecule is CCCC(=O)N1CCC(n2nc(C(=O)OCC)cc2-c2ccc(CC)cc2)CC1. The van der Waals surface area contributed by atoms with Gasteiger partial charge in [-0.15, -0.1) is 0 Å². The Balaban J connectivity index is 1.86. The topological polar surface area (TPSA) is 64.4 Å². The number of hydrogen-bond acceptors (Lipinski definition) is 4. The van der Waals surface area contributed by atoms with Crippen LogP contribution >= 0.6 is 0 Å². The smallest absolute Gasteiger partial charge is 0.358 e. The molecule has 1 fully saturated rings. The van der Waals surface area contributed by atoms with Gasteiger partial charge in [0.15, 0.2) is 5.69 Å². The van der Waals surface area contributed by atoms with Gasteiger partial charge < -0.3 is 9.64 Å². The lowest BCUT2D eigenvalue weighted by Gasteiger charge is -2.33. The van der Waals surface area contributed by atoms with Crippen LogP contribution in [0, 0.1) is 0 Å². The van der Waals surface area contributed by atoms with Gasteiger partial charge in [0.05, 0.1) is 18.3 Å². The predicted molar refractivity (Wildman–Crippen MR) is 113 cm³/mol. The zero-order valence-electron chi connectivity index (χ0n) is 17.7. The number of aryl methyl sites for hydroxylation is 1. The number of hydrogen-bond donors (Lipinski definition) is 0.